The fraction of sp³-hybridized carbons (Fsp3) is 0.400. The summed E-state index contributed by atoms with van der Waals surface area (Å²) >= 11 is 0. The van der Waals surface area contributed by atoms with Gasteiger partial charge in [0.1, 0.15) is 17.2 Å². The van der Waals surface area contributed by atoms with Crippen LogP contribution in [0.2, 0.25) is 0 Å². The second-order valence-corrected chi connectivity index (χ2v) is 11.0. The molecule has 6 atom stereocenters. The van der Waals surface area contributed by atoms with Gasteiger partial charge in [-0.2, -0.15) is 0 Å². The number of phenolic OH excluding ortho intramolecular Hbond substituents is 1. The van der Waals surface area contributed by atoms with Crippen molar-refractivity contribution in [2.24, 2.45) is 29.1 Å². The number of phenols is 1. The fourth-order valence-corrected chi connectivity index (χ4v) is 7.47. The maximum Gasteiger partial charge on any atom is 0.241 e. The molecule has 3 fully saturated rings. The van der Waals surface area contributed by atoms with Gasteiger partial charge < -0.3 is 14.6 Å². The van der Waals surface area contributed by atoms with Gasteiger partial charge >= 0.3 is 0 Å². The number of aromatic hydroxyl groups is 1. The number of methoxy groups -OCH3 is 2. The molecule has 2 aliphatic carbocycles. The highest BCUT2D eigenvalue weighted by Gasteiger charge is 2.68. The molecule has 1 N–H and O–H groups in total. The summed E-state index contributed by atoms with van der Waals surface area (Å²) in [6.07, 6.45) is 2.53. The van der Waals surface area contributed by atoms with Crippen LogP contribution in [0, 0.1) is 29.1 Å². The van der Waals surface area contributed by atoms with Crippen LogP contribution in [0.3, 0.4) is 0 Å². The quantitative estimate of drug-likeness (QED) is 0.477. The number of rotatable bonds is 4. The van der Waals surface area contributed by atoms with E-state index in [0.717, 1.165) is 5.57 Å². The lowest BCUT2D eigenvalue weighted by Gasteiger charge is -2.49. The molecule has 2 aliphatic heterocycles. The summed E-state index contributed by atoms with van der Waals surface area (Å²) in [4.78, 5) is 57.1. The van der Waals surface area contributed by atoms with E-state index < -0.39 is 35.0 Å². The first-order chi connectivity index (χ1) is 18.6. The zero-order chi connectivity index (χ0) is 27.8. The number of anilines is 1. The average molecular weight is 531 g/mol. The number of para-hydroxylation sites is 1. The molecular weight excluding hydrogens is 500 g/mol. The lowest BCUT2D eigenvalue weighted by Crippen LogP contribution is -2.49. The van der Waals surface area contributed by atoms with Gasteiger partial charge in [-0.25, -0.2) is 4.90 Å². The predicted octanol–water partition coefficient (Wildman–Crippen LogP) is 3.27. The molecule has 0 spiro atoms. The molecule has 0 bridgehead atoms. The largest absolute Gasteiger partial charge is 0.507 e. The summed E-state index contributed by atoms with van der Waals surface area (Å²) in [5.41, 5.74) is 0.330. The SMILES string of the molecule is COc1cc(O)c([C@H]2C3=CC[C@@H]4C(=O)N(C)C(=O)[C@@H]4[C@@H]3C[C@H]3C(=O)N(c4ccccc4)C(=O)[C@@]23C)c(OC)c1. The third kappa shape index (κ3) is 3.25. The van der Waals surface area contributed by atoms with Crippen LogP contribution < -0.4 is 14.4 Å². The monoisotopic (exact) mass is 530 g/mol. The van der Waals surface area contributed by atoms with E-state index in [1.54, 1.807) is 37.3 Å². The van der Waals surface area contributed by atoms with Crippen LogP contribution in [0.5, 0.6) is 17.2 Å². The molecule has 2 aromatic rings. The Labute approximate surface area is 226 Å². The number of hydrogen-bond acceptors (Lipinski definition) is 7. The van der Waals surface area contributed by atoms with Crippen molar-refractivity contribution >= 4 is 29.3 Å². The highest BCUT2D eigenvalue weighted by molar-refractivity contribution is 6.24. The summed E-state index contributed by atoms with van der Waals surface area (Å²) in [5.74, 6) is -3.83. The third-order valence-corrected chi connectivity index (χ3v) is 9.35. The zero-order valence-corrected chi connectivity index (χ0v) is 22.2. The van der Waals surface area contributed by atoms with E-state index in [1.165, 1.54) is 37.1 Å². The van der Waals surface area contributed by atoms with Gasteiger partial charge in [0.05, 0.1) is 43.1 Å². The molecule has 0 radical (unpaired) electrons. The van der Waals surface area contributed by atoms with E-state index in [9.17, 15) is 24.3 Å². The van der Waals surface area contributed by atoms with Crippen molar-refractivity contribution in [3.63, 3.8) is 0 Å². The first-order valence-electron chi connectivity index (χ1n) is 13.0. The molecule has 202 valence electrons. The van der Waals surface area contributed by atoms with Crippen LogP contribution in [-0.2, 0) is 19.2 Å². The number of allylic oxidation sites excluding steroid dienone is 2. The Balaban J connectivity index is 1.59. The van der Waals surface area contributed by atoms with Gasteiger partial charge in [0, 0.05) is 30.7 Å². The summed E-state index contributed by atoms with van der Waals surface area (Å²) < 4.78 is 11.0. The molecule has 2 aromatic carbocycles. The Morgan fingerprint density at radius 3 is 2.33 bits per heavy atom. The number of fused-ring (bicyclic) bond motifs is 4. The van der Waals surface area contributed by atoms with Crippen molar-refractivity contribution in [2.45, 2.75) is 25.7 Å². The van der Waals surface area contributed by atoms with Gasteiger partial charge in [0.25, 0.3) is 0 Å². The first kappa shape index (κ1) is 25.2. The fourth-order valence-electron chi connectivity index (χ4n) is 7.47. The average Bonchev–Trinajstić information content (AvgIpc) is 3.28. The Bertz CT molecular complexity index is 1450. The third-order valence-electron chi connectivity index (χ3n) is 9.35. The minimum absolute atomic E-state index is 0.135. The molecule has 9 nitrogen and oxygen atoms in total. The highest BCUT2D eigenvalue weighted by Crippen LogP contribution is 2.65. The van der Waals surface area contributed by atoms with E-state index >= 15 is 0 Å². The Morgan fingerprint density at radius 2 is 1.67 bits per heavy atom. The Kier molecular flexibility index (Phi) is 5.61. The molecular formula is C30H30N2O7. The summed E-state index contributed by atoms with van der Waals surface area (Å²) in [7, 11) is 4.43. The molecule has 0 unspecified atom stereocenters. The van der Waals surface area contributed by atoms with E-state index in [1.807, 2.05) is 12.1 Å². The summed E-state index contributed by atoms with van der Waals surface area (Å²) in [5, 5.41) is 11.3. The van der Waals surface area contributed by atoms with E-state index in [-0.39, 0.29) is 35.8 Å². The second kappa shape index (κ2) is 8.69. The first-order valence-corrected chi connectivity index (χ1v) is 13.0. The molecule has 39 heavy (non-hydrogen) atoms. The summed E-state index contributed by atoms with van der Waals surface area (Å²) in [6, 6.07) is 11.9. The number of carbonyl (C=O) groups excluding carboxylic acids is 4. The van der Waals surface area contributed by atoms with Gasteiger partial charge in [-0.1, -0.05) is 29.8 Å². The molecule has 2 heterocycles. The van der Waals surface area contributed by atoms with Crippen LogP contribution in [0.1, 0.15) is 31.2 Å². The normalized spacial score (nSPS) is 31.6. The van der Waals surface area contributed by atoms with Crippen LogP contribution in [0.15, 0.2) is 54.1 Å². The van der Waals surface area contributed by atoms with Crippen molar-refractivity contribution in [3.05, 3.63) is 59.7 Å². The number of benzene rings is 2. The lowest BCUT2D eigenvalue weighted by molar-refractivity contribution is -0.138. The minimum Gasteiger partial charge on any atom is -0.507 e. The minimum atomic E-state index is -1.28. The van der Waals surface area contributed by atoms with Crippen molar-refractivity contribution in [3.8, 4) is 17.2 Å². The van der Waals surface area contributed by atoms with Crippen molar-refractivity contribution < 1.29 is 33.8 Å². The predicted molar refractivity (Wildman–Crippen MR) is 140 cm³/mol. The van der Waals surface area contributed by atoms with E-state index in [4.69, 9.17) is 9.47 Å². The van der Waals surface area contributed by atoms with Crippen LogP contribution >= 0.6 is 0 Å². The van der Waals surface area contributed by atoms with Crippen molar-refractivity contribution in [1.29, 1.82) is 0 Å². The lowest BCUT2D eigenvalue weighted by atomic mass is 9.51. The highest BCUT2D eigenvalue weighted by atomic mass is 16.5. The standard InChI is InChI=1S/C30H30N2O7/c1-30-20(27(35)32(29(30)37)15-8-6-5-7-9-15)14-19-17(10-11-18-23(19)28(36)31(2)26(18)34)25(30)24-21(33)12-16(38-3)13-22(24)39-4/h5-10,12-13,18-20,23,25,33H,11,14H2,1-4H3/t18-,19+,20-,23-,25+,30+/m0/s1. The van der Waals surface area contributed by atoms with Crippen LogP contribution in [-0.4, -0.2) is 54.9 Å². The van der Waals surface area contributed by atoms with Crippen LogP contribution in [0.4, 0.5) is 5.69 Å². The molecule has 9 heteroatoms. The maximum absolute atomic E-state index is 14.4. The van der Waals surface area contributed by atoms with E-state index in [0.29, 0.717) is 29.2 Å². The van der Waals surface area contributed by atoms with Gasteiger partial charge in [-0.15, -0.1) is 0 Å². The molecule has 4 aliphatic rings. The maximum atomic E-state index is 14.4. The number of likely N-dealkylation sites (tertiary alicyclic amines) is 1. The number of nitrogens with zero attached hydrogens (tertiary/aromatic N) is 2. The van der Waals surface area contributed by atoms with Gasteiger partial charge in [0.15, 0.2) is 0 Å². The number of amides is 4. The van der Waals surface area contributed by atoms with E-state index in [2.05, 4.69) is 0 Å². The van der Waals surface area contributed by atoms with Crippen molar-refractivity contribution in [2.75, 3.05) is 26.2 Å². The number of imide groups is 2. The molecule has 0 aromatic heterocycles. The smallest absolute Gasteiger partial charge is 0.241 e. The molecule has 6 rings (SSSR count). The van der Waals surface area contributed by atoms with Gasteiger partial charge in [0.2, 0.25) is 23.6 Å². The van der Waals surface area contributed by atoms with Crippen LogP contribution in [0.25, 0.3) is 0 Å². The van der Waals surface area contributed by atoms with Crippen molar-refractivity contribution in [1.82, 2.24) is 4.90 Å². The topological polar surface area (TPSA) is 113 Å². The molecule has 2 saturated heterocycles. The number of carbonyl (C=O) groups is 4. The summed E-state index contributed by atoms with van der Waals surface area (Å²) in [6.45, 7) is 1.77. The molecule has 1 saturated carbocycles. The second-order valence-electron chi connectivity index (χ2n) is 11.0. The zero-order valence-electron chi connectivity index (χ0n) is 22.2. The molecule has 4 amide bonds. The van der Waals surface area contributed by atoms with Gasteiger partial charge in [-0.3, -0.25) is 24.1 Å². The Morgan fingerprint density at radius 1 is 0.949 bits per heavy atom. The number of ether oxygens (including phenoxy) is 2. The number of hydrogen-bond donors (Lipinski definition) is 1. The van der Waals surface area contributed by atoms with Gasteiger partial charge in [-0.05, 0) is 37.8 Å². The Hall–Kier alpha value is -4.14.